The lowest BCUT2D eigenvalue weighted by atomic mass is 9.96. The predicted octanol–water partition coefficient (Wildman–Crippen LogP) is 0.816. The van der Waals surface area contributed by atoms with Crippen molar-refractivity contribution in [2.45, 2.75) is 51.2 Å². The van der Waals surface area contributed by atoms with Crippen molar-refractivity contribution < 1.29 is 9.90 Å². The largest absolute Gasteiger partial charge is 0.391 e. The molecule has 0 bridgehead atoms. The van der Waals surface area contributed by atoms with E-state index >= 15 is 0 Å². The number of aliphatic hydroxyl groups excluding tert-OH is 1. The fourth-order valence-electron chi connectivity index (χ4n) is 1.54. The van der Waals surface area contributed by atoms with Crippen LogP contribution in [-0.2, 0) is 4.79 Å². The number of carbonyl (C=O) groups is 1. The van der Waals surface area contributed by atoms with Crippen LogP contribution < -0.4 is 5.32 Å². The van der Waals surface area contributed by atoms with E-state index in [1.165, 1.54) is 0 Å². The first-order valence-electron chi connectivity index (χ1n) is 4.71. The normalized spacial score (nSPS) is 30.0. The van der Waals surface area contributed by atoms with E-state index < -0.39 is 0 Å². The summed E-state index contributed by atoms with van der Waals surface area (Å²) in [5.41, 5.74) is 0. The molecule has 2 N–H and O–H groups in total. The molecule has 2 atom stereocenters. The molecular formula is C9H17NO2. The minimum atomic E-state index is -0.325. The number of hydrogen-bond acceptors (Lipinski definition) is 2. The summed E-state index contributed by atoms with van der Waals surface area (Å²) in [6.45, 7) is 2.11. The third-order valence-electron chi connectivity index (χ3n) is 2.35. The van der Waals surface area contributed by atoms with E-state index in [2.05, 4.69) is 12.2 Å². The van der Waals surface area contributed by atoms with Crippen LogP contribution in [0, 0.1) is 0 Å². The molecule has 12 heavy (non-hydrogen) atoms. The molecular weight excluding hydrogens is 154 g/mol. The Labute approximate surface area is 73.2 Å². The fourth-order valence-corrected chi connectivity index (χ4v) is 1.54. The van der Waals surface area contributed by atoms with Crippen molar-refractivity contribution in [3.05, 3.63) is 0 Å². The zero-order valence-corrected chi connectivity index (χ0v) is 7.55. The lowest BCUT2D eigenvalue weighted by Gasteiger charge is -2.28. The minimum Gasteiger partial charge on any atom is -0.391 e. The number of nitrogens with one attached hydrogen (secondary N) is 1. The second kappa shape index (κ2) is 4.45. The highest BCUT2D eigenvalue weighted by molar-refractivity contribution is 5.77. The SMILES string of the molecule is CCCC[C@@H]1NC(=O)CC[C@H]1O. The molecule has 3 heteroatoms. The second-order valence-electron chi connectivity index (χ2n) is 3.42. The predicted molar refractivity (Wildman–Crippen MR) is 46.7 cm³/mol. The summed E-state index contributed by atoms with van der Waals surface area (Å²) < 4.78 is 0. The smallest absolute Gasteiger partial charge is 0.220 e. The number of piperidine rings is 1. The van der Waals surface area contributed by atoms with Gasteiger partial charge < -0.3 is 10.4 Å². The highest BCUT2D eigenvalue weighted by Gasteiger charge is 2.25. The van der Waals surface area contributed by atoms with Crippen molar-refractivity contribution in [3.8, 4) is 0 Å². The van der Waals surface area contributed by atoms with E-state index in [4.69, 9.17) is 0 Å². The summed E-state index contributed by atoms with van der Waals surface area (Å²) in [4.78, 5) is 11.0. The Balaban J connectivity index is 2.33. The van der Waals surface area contributed by atoms with E-state index in [1.54, 1.807) is 0 Å². The molecule has 0 spiro atoms. The van der Waals surface area contributed by atoms with Crippen LogP contribution >= 0.6 is 0 Å². The van der Waals surface area contributed by atoms with E-state index in [1.807, 2.05) is 0 Å². The van der Waals surface area contributed by atoms with Crippen LogP contribution in [0.5, 0.6) is 0 Å². The van der Waals surface area contributed by atoms with Crippen LogP contribution in [0.15, 0.2) is 0 Å². The Kier molecular flexibility index (Phi) is 3.53. The molecule has 0 saturated carbocycles. The van der Waals surface area contributed by atoms with Crippen molar-refractivity contribution in [3.63, 3.8) is 0 Å². The van der Waals surface area contributed by atoms with Gasteiger partial charge in [0, 0.05) is 6.42 Å². The van der Waals surface area contributed by atoms with E-state index in [-0.39, 0.29) is 18.1 Å². The van der Waals surface area contributed by atoms with Crippen LogP contribution in [0.1, 0.15) is 39.0 Å². The summed E-state index contributed by atoms with van der Waals surface area (Å²) >= 11 is 0. The van der Waals surface area contributed by atoms with Crippen LogP contribution in [0.2, 0.25) is 0 Å². The molecule has 70 valence electrons. The van der Waals surface area contributed by atoms with Crippen LogP contribution in [-0.4, -0.2) is 23.2 Å². The van der Waals surface area contributed by atoms with Crippen LogP contribution in [0.4, 0.5) is 0 Å². The van der Waals surface area contributed by atoms with Crippen LogP contribution in [0.25, 0.3) is 0 Å². The molecule has 0 aromatic heterocycles. The fraction of sp³-hybridized carbons (Fsp3) is 0.889. The molecule has 0 radical (unpaired) electrons. The van der Waals surface area contributed by atoms with Crippen LogP contribution in [0.3, 0.4) is 0 Å². The lowest BCUT2D eigenvalue weighted by molar-refractivity contribution is -0.126. The van der Waals surface area contributed by atoms with Gasteiger partial charge in [0.15, 0.2) is 0 Å². The summed E-state index contributed by atoms with van der Waals surface area (Å²) in [5, 5.41) is 12.3. The molecule has 1 fully saturated rings. The maximum atomic E-state index is 11.0. The average Bonchev–Trinajstić information content (AvgIpc) is 2.07. The number of carbonyl (C=O) groups excluding carboxylic acids is 1. The van der Waals surface area contributed by atoms with Gasteiger partial charge in [-0.05, 0) is 12.8 Å². The molecule has 1 heterocycles. The molecule has 0 aromatic rings. The average molecular weight is 171 g/mol. The topological polar surface area (TPSA) is 49.3 Å². The molecule has 1 saturated heterocycles. The number of aliphatic hydroxyl groups is 1. The van der Waals surface area contributed by atoms with Gasteiger partial charge in [-0.2, -0.15) is 0 Å². The lowest BCUT2D eigenvalue weighted by Crippen LogP contribution is -2.47. The van der Waals surface area contributed by atoms with Gasteiger partial charge in [0.2, 0.25) is 5.91 Å². The molecule has 3 nitrogen and oxygen atoms in total. The Morgan fingerprint density at radius 1 is 1.67 bits per heavy atom. The maximum Gasteiger partial charge on any atom is 0.220 e. The number of amides is 1. The van der Waals surface area contributed by atoms with Gasteiger partial charge in [-0.15, -0.1) is 0 Å². The number of hydrogen-bond donors (Lipinski definition) is 2. The molecule has 1 rings (SSSR count). The Hall–Kier alpha value is -0.570. The van der Waals surface area contributed by atoms with Crippen molar-refractivity contribution in [1.29, 1.82) is 0 Å². The highest BCUT2D eigenvalue weighted by atomic mass is 16.3. The molecule has 0 unspecified atom stereocenters. The van der Waals surface area contributed by atoms with E-state index in [0.29, 0.717) is 12.8 Å². The standard InChI is InChI=1S/C9H17NO2/c1-2-3-4-7-8(11)5-6-9(12)10-7/h7-8,11H,2-6H2,1H3,(H,10,12)/t7-,8+/m0/s1. The van der Waals surface area contributed by atoms with E-state index in [0.717, 1.165) is 19.3 Å². The zero-order chi connectivity index (χ0) is 8.97. The Morgan fingerprint density at radius 2 is 2.42 bits per heavy atom. The molecule has 0 aliphatic carbocycles. The van der Waals surface area contributed by atoms with Gasteiger partial charge in [-0.25, -0.2) is 0 Å². The van der Waals surface area contributed by atoms with Crippen molar-refractivity contribution in [1.82, 2.24) is 5.32 Å². The van der Waals surface area contributed by atoms with Crippen molar-refractivity contribution >= 4 is 5.91 Å². The van der Waals surface area contributed by atoms with Gasteiger partial charge >= 0.3 is 0 Å². The number of unbranched alkanes of at least 4 members (excludes halogenated alkanes) is 1. The maximum absolute atomic E-state index is 11.0. The summed E-state index contributed by atoms with van der Waals surface area (Å²) in [5.74, 6) is 0.0846. The van der Waals surface area contributed by atoms with E-state index in [9.17, 15) is 9.90 Å². The number of rotatable bonds is 3. The second-order valence-corrected chi connectivity index (χ2v) is 3.42. The molecule has 1 aliphatic heterocycles. The van der Waals surface area contributed by atoms with Gasteiger partial charge in [0.05, 0.1) is 12.1 Å². The zero-order valence-electron chi connectivity index (χ0n) is 7.55. The summed E-state index contributed by atoms with van der Waals surface area (Å²) in [6, 6.07) is 0.00574. The summed E-state index contributed by atoms with van der Waals surface area (Å²) in [7, 11) is 0. The van der Waals surface area contributed by atoms with Crippen molar-refractivity contribution in [2.24, 2.45) is 0 Å². The summed E-state index contributed by atoms with van der Waals surface area (Å²) in [6.07, 6.45) is 3.86. The Morgan fingerprint density at radius 3 is 3.08 bits per heavy atom. The molecule has 0 aromatic carbocycles. The third-order valence-corrected chi connectivity index (χ3v) is 2.35. The third kappa shape index (κ3) is 2.48. The monoisotopic (exact) mass is 171 g/mol. The molecule has 1 aliphatic rings. The Bertz CT molecular complexity index is 159. The molecule has 1 amide bonds. The van der Waals surface area contributed by atoms with Crippen molar-refractivity contribution in [2.75, 3.05) is 0 Å². The van der Waals surface area contributed by atoms with Gasteiger partial charge in [0.25, 0.3) is 0 Å². The first-order chi connectivity index (χ1) is 5.74. The minimum absolute atomic E-state index is 0.00574. The first kappa shape index (κ1) is 9.52. The first-order valence-corrected chi connectivity index (χ1v) is 4.71. The van der Waals surface area contributed by atoms with Gasteiger partial charge in [-0.1, -0.05) is 19.8 Å². The van der Waals surface area contributed by atoms with Gasteiger partial charge in [-0.3, -0.25) is 4.79 Å². The van der Waals surface area contributed by atoms with Gasteiger partial charge in [0.1, 0.15) is 0 Å². The highest BCUT2D eigenvalue weighted by Crippen LogP contribution is 2.14. The quantitative estimate of drug-likeness (QED) is 0.660.